The smallest absolute Gasteiger partial charge is 0.540 e. The Morgan fingerprint density at radius 3 is 0.879 bits per heavy atom. The third-order valence-corrected chi connectivity index (χ3v) is 14.5. The maximum absolute atomic E-state index is 5.89. The third kappa shape index (κ3) is 32.9. The molecule has 0 aliphatic heterocycles. The van der Waals surface area contributed by atoms with Crippen LogP contribution in [0, 0.1) is 24.3 Å². The van der Waals surface area contributed by atoms with Gasteiger partial charge in [-0.25, -0.2) is 0 Å². The normalized spacial score (nSPS) is 9.70. The molecule has 0 N–H and O–H groups in total. The Bertz CT molecular complexity index is 4980. The monoisotopic (exact) mass is 2260 g/mol. The number of ether oxygens (including phenoxy) is 4. The summed E-state index contributed by atoms with van der Waals surface area (Å²) in [6, 6.07) is 91.1. The average molecular weight is 2260 g/mol. The second kappa shape index (κ2) is 54.3. The fourth-order valence-electron chi connectivity index (χ4n) is 9.62. The van der Waals surface area contributed by atoms with Gasteiger partial charge in [0, 0.05) is 144 Å². The van der Waals surface area contributed by atoms with Gasteiger partial charge in [0.2, 0.25) is 0 Å². The number of tetrazole rings is 4. The molecule has 5 aromatic carbocycles. The molecule has 0 atom stereocenters. The van der Waals surface area contributed by atoms with E-state index < -0.39 is 0 Å². The van der Waals surface area contributed by atoms with Crippen LogP contribution in [0.3, 0.4) is 0 Å². The van der Waals surface area contributed by atoms with Crippen molar-refractivity contribution in [3.63, 3.8) is 0 Å². The van der Waals surface area contributed by atoms with Gasteiger partial charge in [-0.15, -0.1) is 97.1 Å². The topological polar surface area (TPSA) is 351 Å². The molecule has 0 fully saturated rings. The summed E-state index contributed by atoms with van der Waals surface area (Å²) in [7, 11) is 1.65. The molecular weight excluding hydrogens is 2190 g/mol. The van der Waals surface area contributed by atoms with Crippen molar-refractivity contribution in [2.45, 2.75) is 52.6 Å². The van der Waals surface area contributed by atoms with E-state index in [1.807, 2.05) is 269 Å². The van der Waals surface area contributed by atoms with E-state index in [0.29, 0.717) is 55.6 Å². The molecule has 0 aliphatic carbocycles. The van der Waals surface area contributed by atoms with E-state index in [0.717, 1.165) is 96.6 Å². The summed E-state index contributed by atoms with van der Waals surface area (Å²) in [6.07, 6.45) is 16.5. The number of para-hydroxylation sites is 1. The molecule has 17 aromatic rings. The van der Waals surface area contributed by atoms with Crippen molar-refractivity contribution in [2.75, 3.05) is 13.7 Å². The van der Waals surface area contributed by atoms with Crippen molar-refractivity contribution in [1.29, 1.82) is 0 Å². The molecule has 592 valence electrons. The number of nitrogens with zero attached hydrogens (tertiary/aromatic N) is 24. The van der Waals surface area contributed by atoms with E-state index in [9.17, 15) is 0 Å². The standard InChI is InChI=1S/C17H12NO.C14H14NO.C13H12NO.C12H10NO.4C7H6N5.4Pt/c1-2-8-14(9-3-1)19-17-12-5-4-10-15(17)16-11-6-7-13-18-16;1-11(2)16-14-9-4-3-7-12(14)13-8-5-6-10-15-13;1-2-15-13-9-4-3-7-11(13)12-8-5-6-10-14-12;1-14-12-8-3-2-6-10(12)11-7-4-5-9-13-11;4*1-2-4-8-6(3-1)5-7-9-11-12-10-7;;;;/h1-9,11-13H;3-6,8-11H,1-2H3;3-6,8-10H,2H2,1H3;2-5,7-9H,1H3;4*1-4H,5H2;;;;/q8*-1;4*+2. The Labute approximate surface area is 728 Å². The van der Waals surface area contributed by atoms with Gasteiger partial charge < -0.3 is 59.3 Å². The van der Waals surface area contributed by atoms with E-state index in [-0.39, 0.29) is 90.4 Å². The third-order valence-electron chi connectivity index (χ3n) is 14.5. The van der Waals surface area contributed by atoms with Crippen LogP contribution in [0.2, 0.25) is 0 Å². The molecular formula is C84H72N24O4Pt4. The first-order chi connectivity index (χ1) is 55.3. The predicted octanol–water partition coefficient (Wildman–Crippen LogP) is 12.4. The summed E-state index contributed by atoms with van der Waals surface area (Å²) in [5.74, 6) is 6.44. The van der Waals surface area contributed by atoms with Crippen LogP contribution in [-0.2, 0) is 110 Å². The van der Waals surface area contributed by atoms with Crippen LogP contribution < -0.4 is 39.3 Å². The van der Waals surface area contributed by atoms with Crippen molar-refractivity contribution in [2.24, 2.45) is 0 Å². The van der Waals surface area contributed by atoms with Crippen molar-refractivity contribution in [3.05, 3.63) is 369 Å². The van der Waals surface area contributed by atoms with E-state index in [1.165, 1.54) is 0 Å². The zero-order valence-electron chi connectivity index (χ0n) is 62.5. The summed E-state index contributed by atoms with van der Waals surface area (Å²) in [4.78, 5) is 33.6. The largest absolute Gasteiger partial charge is 2.00 e. The number of aromatic nitrogens is 24. The van der Waals surface area contributed by atoms with Crippen molar-refractivity contribution in [3.8, 4) is 73.8 Å². The molecule has 0 radical (unpaired) electrons. The maximum atomic E-state index is 5.89. The molecule has 0 amide bonds. The number of hydrogen-bond donors (Lipinski definition) is 0. The van der Waals surface area contributed by atoms with Gasteiger partial charge >= 0.3 is 84.3 Å². The summed E-state index contributed by atoms with van der Waals surface area (Å²) < 4.78 is 22.4. The fraction of sp³-hybridized carbons (Fsp3) is 0.119. The van der Waals surface area contributed by atoms with Gasteiger partial charge in [0.1, 0.15) is 5.75 Å². The minimum Gasteiger partial charge on any atom is -0.540 e. The van der Waals surface area contributed by atoms with Gasteiger partial charge in [-0.3, -0.25) is 61.2 Å². The van der Waals surface area contributed by atoms with E-state index >= 15 is 0 Å². The Balaban J connectivity index is 0.000000206. The van der Waals surface area contributed by atoms with Crippen LogP contribution in [0.4, 0.5) is 0 Å². The van der Waals surface area contributed by atoms with E-state index in [2.05, 4.69) is 147 Å². The molecule has 0 bridgehead atoms. The quantitative estimate of drug-likeness (QED) is 0.0679. The van der Waals surface area contributed by atoms with Crippen LogP contribution in [0.1, 0.15) is 66.8 Å². The van der Waals surface area contributed by atoms with Crippen LogP contribution in [0.15, 0.2) is 298 Å². The van der Waals surface area contributed by atoms with Crippen LogP contribution in [0.5, 0.6) is 28.7 Å². The number of rotatable bonds is 19. The Kier molecular flexibility index (Phi) is 43.2. The molecule has 0 saturated heterocycles. The summed E-state index contributed by atoms with van der Waals surface area (Å²) in [6.45, 7) is 6.64. The zero-order chi connectivity index (χ0) is 77.5. The van der Waals surface area contributed by atoms with Crippen molar-refractivity contribution >= 4 is 0 Å². The Hall–Kier alpha value is -12.5. The zero-order valence-corrected chi connectivity index (χ0v) is 71.6. The minimum absolute atomic E-state index is 0. The minimum atomic E-state index is 0. The molecule has 28 nitrogen and oxygen atoms in total. The first-order valence-corrected chi connectivity index (χ1v) is 34.9. The second-order valence-electron chi connectivity index (χ2n) is 22.9. The molecule has 0 saturated carbocycles. The molecule has 17 rings (SSSR count). The van der Waals surface area contributed by atoms with Gasteiger partial charge in [0.15, 0.2) is 0 Å². The fourth-order valence-corrected chi connectivity index (χ4v) is 9.62. The van der Waals surface area contributed by atoms with Crippen LogP contribution in [0.25, 0.3) is 45.0 Å². The predicted molar refractivity (Wildman–Crippen MR) is 415 cm³/mol. The first-order valence-electron chi connectivity index (χ1n) is 34.9. The number of benzene rings is 5. The Morgan fingerprint density at radius 1 is 0.310 bits per heavy atom. The number of hydrogen-bond acceptors (Lipinski definition) is 24. The second-order valence-corrected chi connectivity index (χ2v) is 22.9. The molecule has 116 heavy (non-hydrogen) atoms. The van der Waals surface area contributed by atoms with Gasteiger partial charge in [-0.2, -0.15) is 20.9 Å². The number of methoxy groups -OCH3 is 1. The van der Waals surface area contributed by atoms with Crippen molar-refractivity contribution < 1.29 is 103 Å². The van der Waals surface area contributed by atoms with Gasteiger partial charge in [0.25, 0.3) is 0 Å². The Morgan fingerprint density at radius 2 is 0.595 bits per heavy atom. The molecule has 12 aromatic heterocycles. The number of pyridine rings is 8. The molecule has 32 heteroatoms. The molecule has 0 aliphatic rings. The van der Waals surface area contributed by atoms with Gasteiger partial charge in [0.05, 0.1) is 19.8 Å². The van der Waals surface area contributed by atoms with Gasteiger partial charge in [-0.1, -0.05) is 113 Å². The SMILES string of the molecule is CC(C)Oc1ccc[c-]c1-c1ccccn1.CCOc1ccc[c-]c1-c1ccccn1.COc1ccc[c-]c1-c1ccccn1.[Pt+2].[Pt+2].[Pt+2].[Pt+2].[c-]1cccc(Oc2ccccc2)c1-c1ccccn1.c1ccc(Cc2nnn[n-]2)nc1.c1ccc(Cc2nnn[n-]2)nc1.c1ccc(Cc2nnn[n-]2)nc1.c1ccc(Cc2nnn[n-]2)nc1. The van der Waals surface area contributed by atoms with Crippen molar-refractivity contribution in [1.82, 2.24) is 122 Å². The van der Waals surface area contributed by atoms with Crippen LogP contribution >= 0.6 is 0 Å². The summed E-state index contributed by atoms with van der Waals surface area (Å²) >= 11 is 0. The average Bonchev–Trinajstić information content (AvgIpc) is 1.07. The first kappa shape index (κ1) is 92.4. The van der Waals surface area contributed by atoms with Crippen LogP contribution in [-0.4, -0.2) is 122 Å². The van der Waals surface area contributed by atoms with Gasteiger partial charge in [-0.05, 0) is 128 Å². The van der Waals surface area contributed by atoms with E-state index in [1.54, 1.807) is 56.7 Å². The maximum Gasteiger partial charge on any atom is 2.00 e. The molecule has 12 heterocycles. The van der Waals surface area contributed by atoms with E-state index in [4.69, 9.17) is 18.9 Å². The summed E-state index contributed by atoms with van der Waals surface area (Å²) in [5.41, 5.74) is 10.8. The molecule has 0 unspecified atom stereocenters. The summed E-state index contributed by atoms with van der Waals surface area (Å²) in [5, 5.41) is 56.6. The molecule has 0 spiro atoms.